The number of ether oxygens (including phenoxy) is 1. The van der Waals surface area contributed by atoms with Gasteiger partial charge in [-0.25, -0.2) is 0 Å². The Morgan fingerprint density at radius 1 is 1.43 bits per heavy atom. The maximum atomic E-state index is 8.90. The Balaban J connectivity index is 3.22. The average molecular weight is 190 g/mol. The van der Waals surface area contributed by atoms with Crippen molar-refractivity contribution < 1.29 is 4.74 Å². The monoisotopic (exact) mass is 190 g/mol. The van der Waals surface area contributed by atoms with Gasteiger partial charge in [-0.1, -0.05) is 6.07 Å². The lowest BCUT2D eigenvalue weighted by molar-refractivity contribution is 0.340. The van der Waals surface area contributed by atoms with Crippen LogP contribution in [0.1, 0.15) is 12.5 Å². The highest BCUT2D eigenvalue weighted by atomic mass is 16.5. The van der Waals surface area contributed by atoms with Gasteiger partial charge in [-0.05, 0) is 19.1 Å². The van der Waals surface area contributed by atoms with E-state index in [4.69, 9.17) is 10.00 Å². The second-order valence-corrected chi connectivity index (χ2v) is 3.09. The first-order chi connectivity index (χ1) is 6.70. The molecule has 14 heavy (non-hydrogen) atoms. The molecule has 0 bridgehead atoms. The highest BCUT2D eigenvalue weighted by Gasteiger charge is 2.09. The molecule has 1 aromatic rings. The molecule has 0 N–H and O–H groups in total. The van der Waals surface area contributed by atoms with Crippen LogP contribution in [0, 0.1) is 11.3 Å². The van der Waals surface area contributed by atoms with E-state index in [-0.39, 0.29) is 0 Å². The second-order valence-electron chi connectivity index (χ2n) is 3.09. The molecule has 0 aliphatic heterocycles. The van der Waals surface area contributed by atoms with Gasteiger partial charge in [0.05, 0.1) is 17.9 Å². The third-order valence-electron chi connectivity index (χ3n) is 1.89. The van der Waals surface area contributed by atoms with E-state index in [2.05, 4.69) is 6.07 Å². The fraction of sp³-hybridized carbons (Fsp3) is 0.364. The smallest absolute Gasteiger partial charge is 0.160 e. The molecule has 0 spiro atoms. The fourth-order valence-corrected chi connectivity index (χ4v) is 1.26. The van der Waals surface area contributed by atoms with E-state index in [1.54, 1.807) is 6.07 Å². The molecular formula is C11H14N2O. The van der Waals surface area contributed by atoms with E-state index in [9.17, 15) is 0 Å². The van der Waals surface area contributed by atoms with E-state index >= 15 is 0 Å². The molecule has 74 valence electrons. The highest BCUT2D eigenvalue weighted by Crippen LogP contribution is 2.30. The molecule has 0 unspecified atom stereocenters. The van der Waals surface area contributed by atoms with Crippen molar-refractivity contribution in [3.8, 4) is 11.8 Å². The van der Waals surface area contributed by atoms with E-state index in [0.717, 1.165) is 5.69 Å². The van der Waals surface area contributed by atoms with E-state index in [1.165, 1.54) is 0 Å². The van der Waals surface area contributed by atoms with Crippen LogP contribution in [0.5, 0.6) is 5.75 Å². The van der Waals surface area contributed by atoms with Gasteiger partial charge in [-0.15, -0.1) is 0 Å². The summed E-state index contributed by atoms with van der Waals surface area (Å²) in [5.41, 5.74) is 1.52. The number of anilines is 1. The zero-order valence-electron chi connectivity index (χ0n) is 8.74. The van der Waals surface area contributed by atoms with Crippen LogP contribution in [0.15, 0.2) is 18.2 Å². The Bertz CT molecular complexity index is 353. The molecule has 0 saturated carbocycles. The summed E-state index contributed by atoms with van der Waals surface area (Å²) in [7, 11) is 3.86. The van der Waals surface area contributed by atoms with Crippen LogP contribution < -0.4 is 9.64 Å². The zero-order valence-corrected chi connectivity index (χ0v) is 8.74. The van der Waals surface area contributed by atoms with Crippen LogP contribution in [0.3, 0.4) is 0 Å². The molecule has 0 aliphatic rings. The average Bonchev–Trinajstić information content (AvgIpc) is 2.18. The van der Waals surface area contributed by atoms with E-state index in [0.29, 0.717) is 17.9 Å². The van der Waals surface area contributed by atoms with Crippen LogP contribution >= 0.6 is 0 Å². The number of hydrogen-bond donors (Lipinski definition) is 0. The largest absolute Gasteiger partial charge is 0.490 e. The van der Waals surface area contributed by atoms with Crippen molar-refractivity contribution in [3.63, 3.8) is 0 Å². The summed E-state index contributed by atoms with van der Waals surface area (Å²) in [4.78, 5) is 1.94. The molecule has 0 radical (unpaired) electrons. The molecule has 0 saturated heterocycles. The summed E-state index contributed by atoms with van der Waals surface area (Å²) in [6, 6.07) is 7.68. The Morgan fingerprint density at radius 3 is 2.64 bits per heavy atom. The van der Waals surface area contributed by atoms with Crippen LogP contribution in [0.2, 0.25) is 0 Å². The van der Waals surface area contributed by atoms with Gasteiger partial charge in [0.15, 0.2) is 5.75 Å². The topological polar surface area (TPSA) is 36.3 Å². The molecule has 1 rings (SSSR count). The zero-order chi connectivity index (χ0) is 10.6. The predicted molar refractivity (Wildman–Crippen MR) is 56.7 cm³/mol. The van der Waals surface area contributed by atoms with Crippen LogP contribution in [-0.4, -0.2) is 20.7 Å². The summed E-state index contributed by atoms with van der Waals surface area (Å²) in [5.74, 6) is 0.669. The minimum absolute atomic E-state index is 0.569. The first-order valence-corrected chi connectivity index (χ1v) is 4.54. The number of nitriles is 1. The lowest BCUT2D eigenvalue weighted by atomic mass is 10.2. The van der Waals surface area contributed by atoms with Gasteiger partial charge in [0.25, 0.3) is 0 Å². The number of hydrogen-bond acceptors (Lipinski definition) is 3. The molecule has 3 heteroatoms. The third-order valence-corrected chi connectivity index (χ3v) is 1.89. The molecule has 3 nitrogen and oxygen atoms in total. The first-order valence-electron chi connectivity index (χ1n) is 4.54. The Kier molecular flexibility index (Phi) is 3.35. The van der Waals surface area contributed by atoms with Gasteiger partial charge in [0.2, 0.25) is 0 Å². The highest BCUT2D eigenvalue weighted by molar-refractivity contribution is 5.64. The summed E-state index contributed by atoms with van der Waals surface area (Å²) in [5, 5.41) is 8.90. The Hall–Kier alpha value is -1.69. The quantitative estimate of drug-likeness (QED) is 0.731. The summed E-state index contributed by atoms with van der Waals surface area (Å²) in [6.45, 7) is 2.48. The summed E-state index contributed by atoms with van der Waals surface area (Å²) in [6.07, 6.45) is 0. The van der Waals surface area contributed by atoms with Gasteiger partial charge in [-0.2, -0.15) is 5.26 Å². The molecule has 0 fully saturated rings. The van der Waals surface area contributed by atoms with Crippen LogP contribution in [0.25, 0.3) is 0 Å². The lowest BCUT2D eigenvalue weighted by Crippen LogP contribution is -2.11. The molecule has 0 amide bonds. The maximum absolute atomic E-state index is 8.90. The standard InChI is InChI=1S/C11H14N2O/c1-4-14-11-9(8-12)6-5-7-10(11)13(2)3/h5-7H,4H2,1-3H3. The predicted octanol–water partition coefficient (Wildman–Crippen LogP) is 2.02. The lowest BCUT2D eigenvalue weighted by Gasteiger charge is -2.17. The third kappa shape index (κ3) is 1.97. The molecule has 0 heterocycles. The first kappa shape index (κ1) is 10.4. The van der Waals surface area contributed by atoms with Crippen LogP contribution in [-0.2, 0) is 0 Å². The normalized spacial score (nSPS) is 9.29. The molecule has 1 aromatic carbocycles. The molecule has 0 atom stereocenters. The van der Waals surface area contributed by atoms with Crippen molar-refractivity contribution in [2.45, 2.75) is 6.92 Å². The van der Waals surface area contributed by atoms with Gasteiger partial charge in [0, 0.05) is 14.1 Å². The van der Waals surface area contributed by atoms with Crippen molar-refractivity contribution in [1.29, 1.82) is 5.26 Å². The van der Waals surface area contributed by atoms with E-state index in [1.807, 2.05) is 38.1 Å². The van der Waals surface area contributed by atoms with Gasteiger partial charge in [-0.3, -0.25) is 0 Å². The fourth-order valence-electron chi connectivity index (χ4n) is 1.26. The van der Waals surface area contributed by atoms with Crippen molar-refractivity contribution >= 4 is 5.69 Å². The molecular weight excluding hydrogens is 176 g/mol. The molecule has 0 aliphatic carbocycles. The van der Waals surface area contributed by atoms with Gasteiger partial charge >= 0.3 is 0 Å². The minimum Gasteiger partial charge on any atom is -0.490 e. The van der Waals surface area contributed by atoms with Crippen molar-refractivity contribution in [2.75, 3.05) is 25.6 Å². The van der Waals surface area contributed by atoms with E-state index < -0.39 is 0 Å². The number of rotatable bonds is 3. The summed E-state index contributed by atoms with van der Waals surface area (Å²) < 4.78 is 5.46. The number of benzene rings is 1. The number of nitrogens with zero attached hydrogens (tertiary/aromatic N) is 2. The van der Waals surface area contributed by atoms with Gasteiger partial charge in [0.1, 0.15) is 6.07 Å². The second kappa shape index (κ2) is 4.52. The van der Waals surface area contributed by atoms with Gasteiger partial charge < -0.3 is 9.64 Å². The van der Waals surface area contributed by atoms with Crippen LogP contribution in [0.4, 0.5) is 5.69 Å². The maximum Gasteiger partial charge on any atom is 0.160 e. The minimum atomic E-state index is 0.569. The number of para-hydroxylation sites is 1. The van der Waals surface area contributed by atoms with Crippen molar-refractivity contribution in [2.24, 2.45) is 0 Å². The van der Waals surface area contributed by atoms with Crippen molar-refractivity contribution in [3.05, 3.63) is 23.8 Å². The molecule has 0 aromatic heterocycles. The Labute approximate surface area is 84.5 Å². The Morgan fingerprint density at radius 2 is 2.14 bits per heavy atom. The summed E-state index contributed by atoms with van der Waals surface area (Å²) >= 11 is 0. The SMILES string of the molecule is CCOc1c(C#N)cccc1N(C)C. The van der Waals surface area contributed by atoms with Crippen molar-refractivity contribution in [1.82, 2.24) is 0 Å².